The highest BCUT2D eigenvalue weighted by Crippen LogP contribution is 2.60. The maximum Gasteiger partial charge on any atom is 0.231 e. The van der Waals surface area contributed by atoms with Gasteiger partial charge >= 0.3 is 0 Å². The van der Waals surface area contributed by atoms with Gasteiger partial charge in [0.1, 0.15) is 5.82 Å². The summed E-state index contributed by atoms with van der Waals surface area (Å²) in [5.41, 5.74) is 2.85. The first kappa shape index (κ1) is 18.6. The second kappa shape index (κ2) is 6.19. The van der Waals surface area contributed by atoms with Crippen LogP contribution in [0, 0.1) is 30.1 Å². The normalized spacial score (nSPS) is 32.9. The first-order chi connectivity index (χ1) is 14.3. The van der Waals surface area contributed by atoms with Crippen LogP contribution >= 0.6 is 0 Å². The number of fused-ring (bicyclic) bond motifs is 1. The van der Waals surface area contributed by atoms with Crippen LogP contribution in [0.2, 0.25) is 0 Å². The van der Waals surface area contributed by atoms with E-state index in [4.69, 9.17) is 0 Å². The van der Waals surface area contributed by atoms with E-state index in [0.717, 1.165) is 30.5 Å². The van der Waals surface area contributed by atoms with E-state index in [9.17, 15) is 13.2 Å². The number of anilines is 1. The van der Waals surface area contributed by atoms with Crippen molar-refractivity contribution in [1.82, 2.24) is 9.78 Å². The summed E-state index contributed by atoms with van der Waals surface area (Å²) in [4.78, 5) is 13.7. The van der Waals surface area contributed by atoms with Gasteiger partial charge < -0.3 is 5.32 Å². The van der Waals surface area contributed by atoms with Crippen LogP contribution < -0.4 is 5.32 Å². The van der Waals surface area contributed by atoms with Crippen LogP contribution in [0.15, 0.2) is 24.3 Å². The highest BCUT2D eigenvalue weighted by Gasteiger charge is 2.55. The first-order valence-corrected chi connectivity index (χ1v) is 12.8. The zero-order valence-corrected chi connectivity index (χ0v) is 18.0. The van der Waals surface area contributed by atoms with Crippen molar-refractivity contribution in [3.8, 4) is 5.69 Å². The summed E-state index contributed by atoms with van der Waals surface area (Å²) in [5.74, 6) is 2.55. The molecule has 7 rings (SSSR count). The number of amides is 1. The topological polar surface area (TPSA) is 81.1 Å². The summed E-state index contributed by atoms with van der Waals surface area (Å²) in [5, 5.41) is 7.85. The fraction of sp³-hybridized carbons (Fsp3) is 0.565. The summed E-state index contributed by atoms with van der Waals surface area (Å²) < 4.78 is 26.3. The number of aryl methyl sites for hydroxylation is 1. The second-order valence-corrected chi connectivity index (χ2v) is 12.2. The lowest BCUT2D eigenvalue weighted by Crippen LogP contribution is -2.52. The lowest BCUT2D eigenvalue weighted by molar-refractivity contribution is -0.140. The third-order valence-electron chi connectivity index (χ3n) is 7.88. The van der Waals surface area contributed by atoms with Gasteiger partial charge in [0.25, 0.3) is 0 Å². The summed E-state index contributed by atoms with van der Waals surface area (Å²) >= 11 is 0. The third-order valence-corrected chi connectivity index (χ3v) is 9.32. The lowest BCUT2D eigenvalue weighted by Gasteiger charge is -2.55. The summed E-state index contributed by atoms with van der Waals surface area (Å²) in [6.45, 7) is 2.00. The van der Waals surface area contributed by atoms with Crippen molar-refractivity contribution in [1.29, 1.82) is 0 Å². The minimum Gasteiger partial charge on any atom is -0.310 e. The minimum absolute atomic E-state index is 0.0509. The molecule has 158 valence electrons. The lowest BCUT2D eigenvalue weighted by atomic mass is 9.49. The monoisotopic (exact) mass is 425 g/mol. The fourth-order valence-corrected chi connectivity index (χ4v) is 8.47. The van der Waals surface area contributed by atoms with E-state index in [0.29, 0.717) is 34.8 Å². The average Bonchev–Trinajstić information content (AvgIpc) is 3.13. The molecule has 4 bridgehead atoms. The molecule has 2 heterocycles. The second-order valence-electron chi connectivity index (χ2n) is 10.2. The molecule has 0 saturated heterocycles. The van der Waals surface area contributed by atoms with Crippen molar-refractivity contribution in [2.75, 3.05) is 5.32 Å². The van der Waals surface area contributed by atoms with Crippen molar-refractivity contribution in [2.45, 2.75) is 57.0 Å². The Hall–Kier alpha value is -2.15. The van der Waals surface area contributed by atoms with E-state index in [2.05, 4.69) is 10.4 Å². The van der Waals surface area contributed by atoms with Gasteiger partial charge in [-0.25, -0.2) is 13.1 Å². The predicted octanol–water partition coefficient (Wildman–Crippen LogP) is 3.76. The molecule has 0 unspecified atom stereocenters. The van der Waals surface area contributed by atoms with Gasteiger partial charge in [-0.2, -0.15) is 5.10 Å². The van der Waals surface area contributed by atoms with Gasteiger partial charge in [0.05, 0.1) is 28.3 Å². The maximum atomic E-state index is 13.7. The molecule has 5 aliphatic rings. The number of carbonyl (C=O) groups excluding carboxylic acids is 1. The smallest absolute Gasteiger partial charge is 0.231 e. The Morgan fingerprint density at radius 2 is 1.70 bits per heavy atom. The average molecular weight is 426 g/mol. The van der Waals surface area contributed by atoms with Gasteiger partial charge in [0.2, 0.25) is 5.91 Å². The zero-order valence-electron chi connectivity index (χ0n) is 17.2. The number of para-hydroxylation sites is 1. The SMILES string of the molecule is Cc1ccccc1-n1nc2c(c1NC(=O)C13CC4CC(CC(C4)C1)C3)CS(=O)(=O)C2. The molecule has 7 heteroatoms. The van der Waals surface area contributed by atoms with Gasteiger partial charge in [0.15, 0.2) is 9.84 Å². The van der Waals surface area contributed by atoms with E-state index >= 15 is 0 Å². The highest BCUT2D eigenvalue weighted by molar-refractivity contribution is 7.90. The number of carbonyl (C=O) groups is 1. The number of aromatic nitrogens is 2. The highest BCUT2D eigenvalue weighted by atomic mass is 32.2. The number of nitrogens with zero attached hydrogens (tertiary/aromatic N) is 2. The summed E-state index contributed by atoms with van der Waals surface area (Å²) in [6, 6.07) is 7.88. The van der Waals surface area contributed by atoms with Crippen LogP contribution in [-0.2, 0) is 26.1 Å². The van der Waals surface area contributed by atoms with E-state index in [-0.39, 0.29) is 22.8 Å². The fourth-order valence-electron chi connectivity index (χ4n) is 6.98. The number of sulfone groups is 1. The molecule has 0 spiro atoms. The van der Waals surface area contributed by atoms with Crippen LogP contribution in [0.25, 0.3) is 5.69 Å². The molecule has 1 aromatic carbocycles. The largest absolute Gasteiger partial charge is 0.310 e. The van der Waals surface area contributed by atoms with E-state index in [1.54, 1.807) is 4.68 Å². The first-order valence-electron chi connectivity index (χ1n) is 11.0. The van der Waals surface area contributed by atoms with Gasteiger partial charge in [-0.1, -0.05) is 18.2 Å². The number of hydrogen-bond acceptors (Lipinski definition) is 4. The predicted molar refractivity (Wildman–Crippen MR) is 114 cm³/mol. The molecule has 1 N–H and O–H groups in total. The number of benzene rings is 1. The third kappa shape index (κ3) is 2.77. The van der Waals surface area contributed by atoms with E-state index < -0.39 is 9.84 Å². The zero-order chi connectivity index (χ0) is 20.7. The maximum absolute atomic E-state index is 13.7. The van der Waals surface area contributed by atoms with Crippen molar-refractivity contribution in [3.05, 3.63) is 41.1 Å². The van der Waals surface area contributed by atoms with Gasteiger partial charge in [-0.05, 0) is 74.8 Å². The Kier molecular flexibility index (Phi) is 3.84. The minimum atomic E-state index is -3.20. The molecule has 1 aliphatic heterocycles. The number of rotatable bonds is 3. The van der Waals surface area contributed by atoms with Gasteiger partial charge in [-0.15, -0.1) is 0 Å². The van der Waals surface area contributed by atoms with E-state index in [1.165, 1.54) is 19.3 Å². The molecule has 30 heavy (non-hydrogen) atoms. The van der Waals surface area contributed by atoms with Crippen LogP contribution in [0.5, 0.6) is 0 Å². The Labute approximate surface area is 177 Å². The van der Waals surface area contributed by atoms with Crippen LogP contribution in [0.3, 0.4) is 0 Å². The van der Waals surface area contributed by atoms with Crippen molar-refractivity contribution < 1.29 is 13.2 Å². The number of nitrogens with one attached hydrogen (secondary N) is 1. The van der Waals surface area contributed by atoms with Crippen LogP contribution in [-0.4, -0.2) is 24.1 Å². The van der Waals surface area contributed by atoms with Gasteiger partial charge in [0, 0.05) is 5.56 Å². The molecule has 4 saturated carbocycles. The Morgan fingerprint density at radius 1 is 1.07 bits per heavy atom. The molecule has 4 fully saturated rings. The molecular formula is C23H27N3O3S. The van der Waals surface area contributed by atoms with Crippen molar-refractivity contribution >= 4 is 21.6 Å². The number of hydrogen-bond donors (Lipinski definition) is 1. The molecule has 6 nitrogen and oxygen atoms in total. The molecule has 0 atom stereocenters. The Balaban J connectivity index is 1.41. The molecule has 1 aromatic heterocycles. The molecule has 1 amide bonds. The van der Waals surface area contributed by atoms with Gasteiger partial charge in [-0.3, -0.25) is 4.79 Å². The van der Waals surface area contributed by atoms with Crippen molar-refractivity contribution in [3.63, 3.8) is 0 Å². The van der Waals surface area contributed by atoms with Crippen LogP contribution in [0.1, 0.15) is 55.3 Å². The summed E-state index contributed by atoms with van der Waals surface area (Å²) in [6.07, 6.45) is 6.77. The Bertz CT molecular complexity index is 1130. The molecule has 0 radical (unpaired) electrons. The quantitative estimate of drug-likeness (QED) is 0.812. The molecular weight excluding hydrogens is 398 g/mol. The molecule has 4 aliphatic carbocycles. The molecule has 2 aromatic rings. The standard InChI is InChI=1S/C23H27N3O3S/c1-14-4-2-3-5-20(14)26-21(18-12-30(28,29)13-19(18)25-26)24-22(27)23-9-15-6-16(10-23)8-17(7-15)11-23/h2-5,15-17H,6-13H2,1H3,(H,24,27). The van der Waals surface area contributed by atoms with E-state index in [1.807, 2.05) is 31.2 Å². The van der Waals surface area contributed by atoms with Crippen LogP contribution in [0.4, 0.5) is 5.82 Å². The summed E-state index contributed by atoms with van der Waals surface area (Å²) in [7, 11) is -3.20. The Morgan fingerprint density at radius 3 is 2.33 bits per heavy atom. The van der Waals surface area contributed by atoms with Crippen molar-refractivity contribution in [2.24, 2.45) is 23.2 Å².